The molecule has 3 N–H and O–H groups in total. The lowest BCUT2D eigenvalue weighted by Crippen LogP contribution is -2.31. The van der Waals surface area contributed by atoms with Gasteiger partial charge in [0.1, 0.15) is 5.75 Å². The van der Waals surface area contributed by atoms with Gasteiger partial charge in [0.25, 0.3) is 0 Å². The quantitative estimate of drug-likeness (QED) is 0.811. The highest BCUT2D eigenvalue weighted by atomic mass is 16.5. The van der Waals surface area contributed by atoms with Gasteiger partial charge in [-0.3, -0.25) is 4.79 Å². The van der Waals surface area contributed by atoms with Crippen molar-refractivity contribution in [3.8, 4) is 5.75 Å². The molecular formula is C15H22N2O3. The molecule has 1 aromatic rings. The van der Waals surface area contributed by atoms with Crippen molar-refractivity contribution in [2.45, 2.75) is 18.9 Å². The summed E-state index contributed by atoms with van der Waals surface area (Å²) in [7, 11) is 1.62. The van der Waals surface area contributed by atoms with E-state index in [-0.39, 0.29) is 24.5 Å². The van der Waals surface area contributed by atoms with Gasteiger partial charge in [0.05, 0.1) is 13.2 Å². The van der Waals surface area contributed by atoms with Gasteiger partial charge in [-0.05, 0) is 36.6 Å². The average Bonchev–Trinajstić information content (AvgIpc) is 2.86. The molecule has 1 aromatic carbocycles. The average molecular weight is 278 g/mol. The van der Waals surface area contributed by atoms with Crippen molar-refractivity contribution in [2.24, 2.45) is 11.7 Å². The predicted octanol–water partition coefficient (Wildman–Crippen LogP) is 0.926. The normalized spacial score (nSPS) is 20.2. The molecule has 0 bridgehead atoms. The standard InChI is InChI=1S/C15H22N2O3/c1-20-13-4-2-12(3-5-13)14(6-7-18)17-10-11(9-16)8-15(17)19/h2-5,11,14,18H,6-10,16H2,1H3. The van der Waals surface area contributed by atoms with Crippen LogP contribution < -0.4 is 10.5 Å². The molecule has 110 valence electrons. The van der Waals surface area contributed by atoms with Gasteiger partial charge in [0.2, 0.25) is 5.91 Å². The molecule has 2 atom stereocenters. The van der Waals surface area contributed by atoms with Gasteiger partial charge >= 0.3 is 0 Å². The highest BCUT2D eigenvalue weighted by Crippen LogP contribution is 2.31. The fraction of sp³-hybridized carbons (Fsp3) is 0.533. The zero-order valence-electron chi connectivity index (χ0n) is 11.8. The molecule has 20 heavy (non-hydrogen) atoms. The van der Waals surface area contributed by atoms with E-state index in [1.54, 1.807) is 7.11 Å². The Kier molecular flexibility index (Phi) is 4.98. The van der Waals surface area contributed by atoms with Gasteiger partial charge in [-0.2, -0.15) is 0 Å². The fourth-order valence-corrected chi connectivity index (χ4v) is 2.72. The van der Waals surface area contributed by atoms with Crippen molar-refractivity contribution < 1.29 is 14.6 Å². The Labute approximate surface area is 119 Å². The van der Waals surface area contributed by atoms with Crippen molar-refractivity contribution >= 4 is 5.91 Å². The number of rotatable bonds is 6. The summed E-state index contributed by atoms with van der Waals surface area (Å²) in [6.45, 7) is 1.25. The second-order valence-electron chi connectivity index (χ2n) is 5.15. The van der Waals surface area contributed by atoms with Crippen LogP contribution in [0.4, 0.5) is 0 Å². The van der Waals surface area contributed by atoms with Crippen LogP contribution in [0.3, 0.4) is 0 Å². The number of methoxy groups -OCH3 is 1. The number of benzene rings is 1. The summed E-state index contributed by atoms with van der Waals surface area (Å²) in [6, 6.07) is 7.56. The summed E-state index contributed by atoms with van der Waals surface area (Å²) in [5.41, 5.74) is 6.68. The number of amides is 1. The summed E-state index contributed by atoms with van der Waals surface area (Å²) in [6.07, 6.45) is 1.05. The summed E-state index contributed by atoms with van der Waals surface area (Å²) >= 11 is 0. The minimum absolute atomic E-state index is 0.0494. The maximum atomic E-state index is 12.1. The number of aliphatic hydroxyl groups is 1. The number of ether oxygens (including phenoxy) is 1. The predicted molar refractivity (Wildman–Crippen MR) is 76.3 cm³/mol. The number of nitrogens with two attached hydrogens (primary N) is 1. The number of carbonyl (C=O) groups excluding carboxylic acids is 1. The molecule has 0 saturated carbocycles. The summed E-state index contributed by atoms with van der Waals surface area (Å²) < 4.78 is 5.14. The van der Waals surface area contributed by atoms with E-state index in [0.29, 0.717) is 25.9 Å². The van der Waals surface area contributed by atoms with E-state index >= 15 is 0 Å². The minimum atomic E-state index is -0.0880. The molecule has 1 saturated heterocycles. The molecule has 1 amide bonds. The minimum Gasteiger partial charge on any atom is -0.497 e. The lowest BCUT2D eigenvalue weighted by atomic mass is 10.0. The zero-order chi connectivity index (χ0) is 14.5. The molecular weight excluding hydrogens is 256 g/mol. The summed E-state index contributed by atoms with van der Waals surface area (Å²) in [5.74, 6) is 1.13. The molecule has 1 aliphatic rings. The number of carbonyl (C=O) groups is 1. The second-order valence-corrected chi connectivity index (χ2v) is 5.15. The van der Waals surface area contributed by atoms with Crippen molar-refractivity contribution in [1.82, 2.24) is 4.90 Å². The maximum absolute atomic E-state index is 12.1. The second kappa shape index (κ2) is 6.72. The Hall–Kier alpha value is -1.59. The van der Waals surface area contributed by atoms with Gasteiger partial charge in [-0.15, -0.1) is 0 Å². The molecule has 2 unspecified atom stereocenters. The van der Waals surface area contributed by atoms with Crippen molar-refractivity contribution in [2.75, 3.05) is 26.8 Å². The third-order valence-electron chi connectivity index (χ3n) is 3.85. The highest BCUT2D eigenvalue weighted by Gasteiger charge is 2.34. The lowest BCUT2D eigenvalue weighted by Gasteiger charge is -2.28. The van der Waals surface area contributed by atoms with Crippen molar-refractivity contribution in [3.63, 3.8) is 0 Å². The molecule has 0 aromatic heterocycles. The van der Waals surface area contributed by atoms with Crippen molar-refractivity contribution in [3.05, 3.63) is 29.8 Å². The molecule has 2 rings (SSSR count). The monoisotopic (exact) mass is 278 g/mol. The third kappa shape index (κ3) is 3.11. The van der Waals surface area contributed by atoms with Crippen LogP contribution in [-0.4, -0.2) is 42.7 Å². The number of aliphatic hydroxyl groups excluding tert-OH is 1. The first-order valence-electron chi connectivity index (χ1n) is 6.94. The van der Waals surface area contributed by atoms with E-state index in [9.17, 15) is 9.90 Å². The van der Waals surface area contributed by atoms with Crippen LogP contribution in [0.2, 0.25) is 0 Å². The van der Waals surface area contributed by atoms with E-state index in [1.165, 1.54) is 0 Å². The first-order chi connectivity index (χ1) is 9.69. The molecule has 1 heterocycles. The third-order valence-corrected chi connectivity index (χ3v) is 3.85. The molecule has 1 fully saturated rings. The van der Waals surface area contributed by atoms with Gasteiger partial charge in [-0.25, -0.2) is 0 Å². The molecule has 0 radical (unpaired) electrons. The van der Waals surface area contributed by atoms with Crippen LogP contribution in [0.15, 0.2) is 24.3 Å². The number of nitrogens with zero attached hydrogens (tertiary/aromatic N) is 1. The first-order valence-corrected chi connectivity index (χ1v) is 6.94. The number of likely N-dealkylation sites (tertiary alicyclic amines) is 1. The van der Waals surface area contributed by atoms with E-state index < -0.39 is 0 Å². The van der Waals surface area contributed by atoms with E-state index in [4.69, 9.17) is 10.5 Å². The fourth-order valence-electron chi connectivity index (χ4n) is 2.72. The highest BCUT2D eigenvalue weighted by molar-refractivity contribution is 5.79. The summed E-state index contributed by atoms with van der Waals surface area (Å²) in [4.78, 5) is 14.0. The van der Waals surface area contributed by atoms with Gasteiger partial charge in [-0.1, -0.05) is 12.1 Å². The smallest absolute Gasteiger partial charge is 0.223 e. The Morgan fingerprint density at radius 3 is 2.65 bits per heavy atom. The molecule has 1 aliphatic heterocycles. The Morgan fingerprint density at radius 1 is 1.45 bits per heavy atom. The van der Waals surface area contributed by atoms with E-state index in [2.05, 4.69) is 0 Å². The van der Waals surface area contributed by atoms with Crippen molar-refractivity contribution in [1.29, 1.82) is 0 Å². The van der Waals surface area contributed by atoms with Crippen LogP contribution in [0.25, 0.3) is 0 Å². The van der Waals surface area contributed by atoms with Gasteiger partial charge < -0.3 is 20.5 Å². The van der Waals surface area contributed by atoms with Gasteiger partial charge in [0, 0.05) is 19.6 Å². The molecule has 0 aliphatic carbocycles. The first kappa shape index (κ1) is 14.8. The van der Waals surface area contributed by atoms with Crippen LogP contribution in [0, 0.1) is 5.92 Å². The SMILES string of the molecule is COc1ccc(C(CCO)N2CC(CN)CC2=O)cc1. The topological polar surface area (TPSA) is 75.8 Å². The van der Waals surface area contributed by atoms with Crippen LogP contribution >= 0.6 is 0 Å². The van der Waals surface area contributed by atoms with Gasteiger partial charge in [0.15, 0.2) is 0 Å². The molecule has 5 nitrogen and oxygen atoms in total. The Morgan fingerprint density at radius 2 is 2.15 bits per heavy atom. The van der Waals surface area contributed by atoms with E-state index in [1.807, 2.05) is 29.2 Å². The largest absolute Gasteiger partial charge is 0.497 e. The Bertz CT molecular complexity index is 447. The number of hydrogen-bond acceptors (Lipinski definition) is 4. The lowest BCUT2D eigenvalue weighted by molar-refractivity contribution is -0.130. The van der Waals surface area contributed by atoms with Crippen LogP contribution in [0.5, 0.6) is 5.75 Å². The Balaban J connectivity index is 2.19. The maximum Gasteiger partial charge on any atom is 0.223 e. The number of hydrogen-bond donors (Lipinski definition) is 2. The molecule has 5 heteroatoms. The van der Waals surface area contributed by atoms with Crippen LogP contribution in [-0.2, 0) is 4.79 Å². The summed E-state index contributed by atoms with van der Waals surface area (Å²) in [5, 5.41) is 9.28. The zero-order valence-corrected chi connectivity index (χ0v) is 11.8. The van der Waals surface area contributed by atoms with E-state index in [0.717, 1.165) is 11.3 Å². The molecule has 0 spiro atoms. The van der Waals surface area contributed by atoms with Crippen LogP contribution in [0.1, 0.15) is 24.4 Å².